The van der Waals surface area contributed by atoms with E-state index in [1.54, 1.807) is 12.1 Å². The number of nitrogens with one attached hydrogen (secondary N) is 1. The number of benzene rings is 2. The predicted octanol–water partition coefficient (Wildman–Crippen LogP) is 3.75. The van der Waals surface area contributed by atoms with Crippen molar-refractivity contribution >= 4 is 11.4 Å². The Morgan fingerprint density at radius 3 is 2.31 bits per heavy atom. The zero-order valence-electron chi connectivity index (χ0n) is 9.49. The third-order valence-corrected chi connectivity index (χ3v) is 2.54. The van der Waals surface area contributed by atoms with Gasteiger partial charge in [-0.25, -0.2) is 0 Å². The molecule has 0 unspecified atom stereocenters. The van der Waals surface area contributed by atoms with Gasteiger partial charge in [-0.15, -0.1) is 0 Å². The summed E-state index contributed by atoms with van der Waals surface area (Å²) < 4.78 is 0. The molecule has 2 N–H and O–H groups in total. The van der Waals surface area contributed by atoms with Crippen LogP contribution in [0.4, 0.5) is 11.4 Å². The predicted molar refractivity (Wildman–Crippen MR) is 67.3 cm³/mol. The highest BCUT2D eigenvalue weighted by molar-refractivity contribution is 5.64. The average Bonchev–Trinajstić information content (AvgIpc) is 2.27. The van der Waals surface area contributed by atoms with Gasteiger partial charge < -0.3 is 10.4 Å². The molecule has 0 amide bonds. The molecule has 0 bridgehead atoms. The molecule has 0 aromatic heterocycles. The molecular weight excluding hydrogens is 198 g/mol. The summed E-state index contributed by atoms with van der Waals surface area (Å²) in [6, 6.07) is 13.4. The Labute approximate surface area is 95.6 Å². The van der Waals surface area contributed by atoms with E-state index in [1.165, 1.54) is 11.1 Å². The second-order valence-electron chi connectivity index (χ2n) is 3.99. The maximum atomic E-state index is 9.19. The van der Waals surface area contributed by atoms with Crippen molar-refractivity contribution < 1.29 is 5.11 Å². The van der Waals surface area contributed by atoms with E-state index < -0.39 is 0 Å². The molecule has 0 fully saturated rings. The first-order valence-electron chi connectivity index (χ1n) is 5.28. The standard InChI is InChI=1S/C14H15NO/c1-10-3-4-11(2)14(9-10)15-12-5-7-13(16)8-6-12/h3-9,15-16H,1-2H3. The van der Waals surface area contributed by atoms with Crippen LogP contribution in [0.3, 0.4) is 0 Å². The van der Waals surface area contributed by atoms with E-state index in [4.69, 9.17) is 0 Å². The number of phenols is 1. The van der Waals surface area contributed by atoms with Gasteiger partial charge in [0.25, 0.3) is 0 Å². The zero-order chi connectivity index (χ0) is 11.5. The van der Waals surface area contributed by atoms with Crippen molar-refractivity contribution in [3.8, 4) is 5.75 Å². The van der Waals surface area contributed by atoms with Crippen LogP contribution in [-0.2, 0) is 0 Å². The maximum Gasteiger partial charge on any atom is 0.115 e. The fraction of sp³-hybridized carbons (Fsp3) is 0.143. The molecule has 2 aromatic rings. The summed E-state index contributed by atoms with van der Waals surface area (Å²) in [5, 5.41) is 12.5. The third-order valence-electron chi connectivity index (χ3n) is 2.54. The number of hydrogen-bond donors (Lipinski definition) is 2. The van der Waals surface area contributed by atoms with Crippen molar-refractivity contribution in [2.75, 3.05) is 5.32 Å². The smallest absolute Gasteiger partial charge is 0.115 e. The molecule has 0 aliphatic rings. The van der Waals surface area contributed by atoms with Crippen LogP contribution in [0, 0.1) is 13.8 Å². The fourth-order valence-electron chi connectivity index (χ4n) is 1.57. The summed E-state index contributed by atoms with van der Waals surface area (Å²) in [5.41, 5.74) is 4.52. The quantitative estimate of drug-likeness (QED) is 0.744. The van der Waals surface area contributed by atoms with Crippen LogP contribution in [0.5, 0.6) is 5.75 Å². The molecule has 82 valence electrons. The largest absolute Gasteiger partial charge is 0.508 e. The maximum absolute atomic E-state index is 9.19. The summed E-state index contributed by atoms with van der Waals surface area (Å²) in [6.45, 7) is 4.14. The van der Waals surface area contributed by atoms with E-state index in [-0.39, 0.29) is 5.75 Å². The van der Waals surface area contributed by atoms with Crippen LogP contribution in [0.15, 0.2) is 42.5 Å². The van der Waals surface area contributed by atoms with Crippen LogP contribution in [0.25, 0.3) is 0 Å². The summed E-state index contributed by atoms with van der Waals surface area (Å²) in [4.78, 5) is 0. The first-order valence-corrected chi connectivity index (χ1v) is 5.28. The van der Waals surface area contributed by atoms with Crippen molar-refractivity contribution in [1.82, 2.24) is 0 Å². The van der Waals surface area contributed by atoms with Crippen LogP contribution >= 0.6 is 0 Å². The SMILES string of the molecule is Cc1ccc(C)c(Nc2ccc(O)cc2)c1. The molecule has 2 aromatic carbocycles. The van der Waals surface area contributed by atoms with Gasteiger partial charge in [-0.3, -0.25) is 0 Å². The highest BCUT2D eigenvalue weighted by Gasteiger charge is 1.99. The van der Waals surface area contributed by atoms with Crippen molar-refractivity contribution in [2.45, 2.75) is 13.8 Å². The fourth-order valence-corrected chi connectivity index (χ4v) is 1.57. The number of phenolic OH excluding ortho intramolecular Hbond substituents is 1. The van der Waals surface area contributed by atoms with Gasteiger partial charge in [0.15, 0.2) is 0 Å². The minimum absolute atomic E-state index is 0.284. The number of rotatable bonds is 2. The van der Waals surface area contributed by atoms with Gasteiger partial charge in [-0.1, -0.05) is 12.1 Å². The normalized spacial score (nSPS) is 10.1. The topological polar surface area (TPSA) is 32.3 Å². The first kappa shape index (κ1) is 10.6. The Kier molecular flexibility index (Phi) is 2.82. The highest BCUT2D eigenvalue weighted by Crippen LogP contribution is 2.22. The Morgan fingerprint density at radius 1 is 0.938 bits per heavy atom. The molecule has 16 heavy (non-hydrogen) atoms. The van der Waals surface area contributed by atoms with Gasteiger partial charge in [0.05, 0.1) is 0 Å². The highest BCUT2D eigenvalue weighted by atomic mass is 16.3. The van der Waals surface area contributed by atoms with Crippen LogP contribution in [0.1, 0.15) is 11.1 Å². The van der Waals surface area contributed by atoms with E-state index in [2.05, 4.69) is 37.4 Å². The summed E-state index contributed by atoms with van der Waals surface area (Å²) in [6.07, 6.45) is 0. The second kappa shape index (κ2) is 4.27. The Balaban J connectivity index is 2.26. The van der Waals surface area contributed by atoms with Gasteiger partial charge in [0, 0.05) is 11.4 Å². The molecule has 2 heteroatoms. The van der Waals surface area contributed by atoms with Crippen LogP contribution < -0.4 is 5.32 Å². The van der Waals surface area contributed by atoms with Gasteiger partial charge in [0.2, 0.25) is 0 Å². The summed E-state index contributed by atoms with van der Waals surface area (Å²) in [5.74, 6) is 0.284. The van der Waals surface area contributed by atoms with E-state index in [0.717, 1.165) is 11.4 Å². The van der Waals surface area contributed by atoms with Crippen molar-refractivity contribution in [3.63, 3.8) is 0 Å². The lowest BCUT2D eigenvalue weighted by Crippen LogP contribution is -1.93. The monoisotopic (exact) mass is 213 g/mol. The van der Waals surface area contributed by atoms with Gasteiger partial charge in [0.1, 0.15) is 5.75 Å². The molecule has 2 rings (SSSR count). The van der Waals surface area contributed by atoms with E-state index in [9.17, 15) is 5.11 Å². The Hall–Kier alpha value is -1.96. The van der Waals surface area contributed by atoms with Gasteiger partial charge in [-0.05, 0) is 55.3 Å². The molecule has 2 nitrogen and oxygen atoms in total. The van der Waals surface area contributed by atoms with Crippen molar-refractivity contribution in [1.29, 1.82) is 0 Å². The Bertz CT molecular complexity index is 489. The molecule has 0 saturated heterocycles. The van der Waals surface area contributed by atoms with E-state index in [1.807, 2.05) is 12.1 Å². The number of anilines is 2. The number of aromatic hydroxyl groups is 1. The van der Waals surface area contributed by atoms with Crippen molar-refractivity contribution in [3.05, 3.63) is 53.6 Å². The molecule has 0 aliphatic carbocycles. The zero-order valence-corrected chi connectivity index (χ0v) is 9.49. The van der Waals surface area contributed by atoms with Crippen LogP contribution in [-0.4, -0.2) is 5.11 Å². The number of hydrogen-bond acceptors (Lipinski definition) is 2. The molecule has 0 saturated carbocycles. The Morgan fingerprint density at radius 2 is 1.62 bits per heavy atom. The lowest BCUT2D eigenvalue weighted by molar-refractivity contribution is 0.475. The lowest BCUT2D eigenvalue weighted by Gasteiger charge is -2.10. The minimum Gasteiger partial charge on any atom is -0.508 e. The molecule has 0 spiro atoms. The number of aryl methyl sites for hydroxylation is 2. The van der Waals surface area contributed by atoms with Crippen molar-refractivity contribution in [2.24, 2.45) is 0 Å². The molecule has 0 radical (unpaired) electrons. The van der Waals surface area contributed by atoms with Gasteiger partial charge in [-0.2, -0.15) is 0 Å². The van der Waals surface area contributed by atoms with E-state index >= 15 is 0 Å². The minimum atomic E-state index is 0.284. The molecule has 0 heterocycles. The molecule has 0 atom stereocenters. The molecular formula is C14H15NO. The third kappa shape index (κ3) is 2.34. The summed E-state index contributed by atoms with van der Waals surface area (Å²) >= 11 is 0. The lowest BCUT2D eigenvalue weighted by atomic mass is 10.1. The van der Waals surface area contributed by atoms with E-state index in [0.29, 0.717) is 0 Å². The molecule has 0 aliphatic heterocycles. The van der Waals surface area contributed by atoms with Gasteiger partial charge >= 0.3 is 0 Å². The van der Waals surface area contributed by atoms with Crippen LogP contribution in [0.2, 0.25) is 0 Å². The first-order chi connectivity index (χ1) is 7.65. The second-order valence-corrected chi connectivity index (χ2v) is 3.99. The summed E-state index contributed by atoms with van der Waals surface area (Å²) in [7, 11) is 0. The average molecular weight is 213 g/mol.